The Bertz CT molecular complexity index is 982. The van der Waals surface area contributed by atoms with Crippen LogP contribution in [0.4, 0.5) is 0 Å². The molecule has 0 bridgehead atoms. The van der Waals surface area contributed by atoms with Crippen LogP contribution in [0.5, 0.6) is 0 Å². The lowest BCUT2D eigenvalue weighted by molar-refractivity contribution is -0.122. The number of carbonyl (C=O) groups excluding carboxylic acids is 2. The molecule has 0 radical (unpaired) electrons. The summed E-state index contributed by atoms with van der Waals surface area (Å²) in [5.41, 5.74) is 9.96. The van der Waals surface area contributed by atoms with Crippen molar-refractivity contribution in [3.05, 3.63) is 95.6 Å². The van der Waals surface area contributed by atoms with E-state index in [-0.39, 0.29) is 5.91 Å². The van der Waals surface area contributed by atoms with Crippen molar-refractivity contribution in [2.75, 3.05) is 0 Å². The molecule has 26 heavy (non-hydrogen) atoms. The molecule has 1 aliphatic rings. The van der Waals surface area contributed by atoms with Gasteiger partial charge in [-0.2, -0.15) is 0 Å². The van der Waals surface area contributed by atoms with E-state index in [0.29, 0.717) is 17.7 Å². The third kappa shape index (κ3) is 2.65. The molecule has 1 unspecified atom stereocenters. The predicted octanol–water partition coefficient (Wildman–Crippen LogP) is 3.54. The maximum atomic E-state index is 12.9. The van der Waals surface area contributed by atoms with Crippen molar-refractivity contribution in [2.24, 2.45) is 5.73 Å². The third-order valence-corrected chi connectivity index (χ3v) is 4.77. The fraction of sp³-hybridized carbons (Fsp3) is 0.0909. The van der Waals surface area contributed by atoms with Crippen molar-refractivity contribution in [1.29, 1.82) is 0 Å². The first-order valence-electron chi connectivity index (χ1n) is 8.49. The Kier molecular flexibility index (Phi) is 4.01. The zero-order valence-electron chi connectivity index (χ0n) is 14.1. The standard InChI is InChI=1S/C22H18N2O2/c23-21(25)20-18-12-6-7-13-19(18)22(26)24(20)14-16-10-4-5-11-17(16)15-8-2-1-3-9-15/h1-13,20H,14H2,(H2,23,25). The van der Waals surface area contributed by atoms with E-state index in [9.17, 15) is 9.59 Å². The highest BCUT2D eigenvalue weighted by molar-refractivity contribution is 6.04. The van der Waals surface area contributed by atoms with E-state index in [1.165, 1.54) is 0 Å². The zero-order valence-corrected chi connectivity index (χ0v) is 14.1. The third-order valence-electron chi connectivity index (χ3n) is 4.77. The number of fused-ring (bicyclic) bond motifs is 1. The van der Waals surface area contributed by atoms with Crippen molar-refractivity contribution >= 4 is 11.8 Å². The molecule has 0 aliphatic carbocycles. The van der Waals surface area contributed by atoms with E-state index in [0.717, 1.165) is 16.7 Å². The van der Waals surface area contributed by atoms with Gasteiger partial charge >= 0.3 is 0 Å². The van der Waals surface area contributed by atoms with E-state index < -0.39 is 11.9 Å². The van der Waals surface area contributed by atoms with Gasteiger partial charge in [-0.1, -0.05) is 72.8 Å². The minimum atomic E-state index is -0.734. The van der Waals surface area contributed by atoms with Gasteiger partial charge in [0.2, 0.25) is 5.91 Å². The summed E-state index contributed by atoms with van der Waals surface area (Å²) in [4.78, 5) is 26.5. The highest BCUT2D eigenvalue weighted by atomic mass is 16.2. The summed E-state index contributed by atoms with van der Waals surface area (Å²) >= 11 is 0. The second-order valence-corrected chi connectivity index (χ2v) is 6.35. The Morgan fingerprint density at radius 1 is 0.846 bits per heavy atom. The average Bonchev–Trinajstić information content (AvgIpc) is 2.95. The summed E-state index contributed by atoms with van der Waals surface area (Å²) in [6, 6.07) is 24.3. The predicted molar refractivity (Wildman–Crippen MR) is 100 cm³/mol. The summed E-state index contributed by atoms with van der Waals surface area (Å²) in [5.74, 6) is -0.673. The van der Waals surface area contributed by atoms with Gasteiger partial charge in [-0.25, -0.2) is 0 Å². The van der Waals surface area contributed by atoms with Gasteiger partial charge in [0.05, 0.1) is 0 Å². The number of amides is 2. The number of hydrogen-bond acceptors (Lipinski definition) is 2. The fourth-order valence-electron chi connectivity index (χ4n) is 3.58. The quantitative estimate of drug-likeness (QED) is 0.788. The van der Waals surface area contributed by atoms with Gasteiger partial charge in [-0.3, -0.25) is 9.59 Å². The first-order valence-corrected chi connectivity index (χ1v) is 8.49. The van der Waals surface area contributed by atoms with Crippen LogP contribution in [0.3, 0.4) is 0 Å². The van der Waals surface area contributed by atoms with Crippen LogP contribution < -0.4 is 5.73 Å². The number of nitrogens with zero attached hydrogens (tertiary/aromatic N) is 1. The SMILES string of the molecule is NC(=O)C1c2ccccc2C(=O)N1Cc1ccccc1-c1ccccc1. The van der Waals surface area contributed by atoms with Gasteiger partial charge in [-0.05, 0) is 28.3 Å². The second kappa shape index (κ2) is 6.48. The molecule has 0 aromatic heterocycles. The molecular weight excluding hydrogens is 324 g/mol. The van der Waals surface area contributed by atoms with Crippen molar-refractivity contribution in [3.8, 4) is 11.1 Å². The Morgan fingerprint density at radius 2 is 1.46 bits per heavy atom. The van der Waals surface area contributed by atoms with Gasteiger partial charge in [0.1, 0.15) is 6.04 Å². The molecule has 2 amide bonds. The Morgan fingerprint density at radius 3 is 2.19 bits per heavy atom. The normalized spacial score (nSPS) is 15.8. The van der Waals surface area contributed by atoms with Crippen LogP contribution in [0.25, 0.3) is 11.1 Å². The number of rotatable bonds is 4. The summed E-state index contributed by atoms with van der Waals surface area (Å²) in [6.45, 7) is 0.326. The molecule has 128 valence electrons. The van der Waals surface area contributed by atoms with Crippen LogP contribution in [0.2, 0.25) is 0 Å². The van der Waals surface area contributed by atoms with Gasteiger partial charge in [0, 0.05) is 12.1 Å². The van der Waals surface area contributed by atoms with Crippen LogP contribution in [0.15, 0.2) is 78.9 Å². The molecule has 4 rings (SSSR count). The lowest BCUT2D eigenvalue weighted by atomic mass is 9.99. The molecule has 4 nitrogen and oxygen atoms in total. The summed E-state index contributed by atoms with van der Waals surface area (Å²) < 4.78 is 0. The first kappa shape index (κ1) is 16.1. The monoisotopic (exact) mass is 342 g/mol. The summed E-state index contributed by atoms with van der Waals surface area (Å²) in [5, 5.41) is 0. The number of primary amides is 1. The van der Waals surface area contributed by atoms with Crippen molar-refractivity contribution < 1.29 is 9.59 Å². The van der Waals surface area contributed by atoms with Gasteiger partial charge in [0.25, 0.3) is 5.91 Å². The maximum Gasteiger partial charge on any atom is 0.255 e. The minimum Gasteiger partial charge on any atom is -0.368 e. The highest BCUT2D eigenvalue weighted by Crippen LogP contribution is 2.36. The Labute approximate surface area is 151 Å². The van der Waals surface area contributed by atoms with Crippen molar-refractivity contribution in [1.82, 2.24) is 4.90 Å². The number of nitrogens with two attached hydrogens (primary N) is 1. The van der Waals surface area contributed by atoms with Gasteiger partial charge < -0.3 is 10.6 Å². The molecule has 0 saturated heterocycles. The van der Waals surface area contributed by atoms with Crippen LogP contribution in [-0.4, -0.2) is 16.7 Å². The Hall–Kier alpha value is -3.40. The zero-order chi connectivity index (χ0) is 18.1. The van der Waals surface area contributed by atoms with Crippen molar-refractivity contribution in [3.63, 3.8) is 0 Å². The molecule has 0 saturated carbocycles. The minimum absolute atomic E-state index is 0.160. The fourth-order valence-corrected chi connectivity index (χ4v) is 3.58. The summed E-state index contributed by atoms with van der Waals surface area (Å²) in [7, 11) is 0. The van der Waals surface area contributed by atoms with Crippen LogP contribution in [0, 0.1) is 0 Å². The second-order valence-electron chi connectivity index (χ2n) is 6.35. The van der Waals surface area contributed by atoms with Crippen LogP contribution in [-0.2, 0) is 11.3 Å². The number of carbonyl (C=O) groups is 2. The number of hydrogen-bond donors (Lipinski definition) is 1. The van der Waals surface area contributed by atoms with E-state index in [1.807, 2.05) is 60.7 Å². The van der Waals surface area contributed by atoms with E-state index >= 15 is 0 Å². The molecule has 4 heteroatoms. The van der Waals surface area contributed by atoms with Gasteiger partial charge in [-0.15, -0.1) is 0 Å². The molecule has 1 atom stereocenters. The lowest BCUT2D eigenvalue weighted by Crippen LogP contribution is -2.35. The number of benzene rings is 3. The lowest BCUT2D eigenvalue weighted by Gasteiger charge is -2.24. The largest absolute Gasteiger partial charge is 0.368 e. The molecule has 1 aliphatic heterocycles. The Balaban J connectivity index is 1.75. The van der Waals surface area contributed by atoms with E-state index in [4.69, 9.17) is 5.73 Å². The summed E-state index contributed by atoms with van der Waals surface area (Å²) in [6.07, 6.45) is 0. The molecule has 0 spiro atoms. The van der Waals surface area contributed by atoms with Crippen LogP contribution in [0.1, 0.15) is 27.5 Å². The van der Waals surface area contributed by atoms with E-state index in [2.05, 4.69) is 0 Å². The topological polar surface area (TPSA) is 63.4 Å². The van der Waals surface area contributed by atoms with E-state index in [1.54, 1.807) is 23.1 Å². The molecule has 1 heterocycles. The molecule has 3 aromatic carbocycles. The van der Waals surface area contributed by atoms with Crippen LogP contribution >= 0.6 is 0 Å². The maximum absolute atomic E-state index is 12.9. The molecule has 2 N–H and O–H groups in total. The highest BCUT2D eigenvalue weighted by Gasteiger charge is 2.39. The first-order chi connectivity index (χ1) is 12.7. The smallest absolute Gasteiger partial charge is 0.255 e. The van der Waals surface area contributed by atoms with Gasteiger partial charge in [0.15, 0.2) is 0 Å². The molecule has 3 aromatic rings. The average molecular weight is 342 g/mol. The van der Waals surface area contributed by atoms with Crippen molar-refractivity contribution in [2.45, 2.75) is 12.6 Å². The molecular formula is C22H18N2O2. The molecule has 0 fully saturated rings.